The van der Waals surface area contributed by atoms with Gasteiger partial charge in [-0.05, 0) is 62.7 Å². The molecule has 0 aromatic heterocycles. The molecule has 3 N–H and O–H groups in total. The van der Waals surface area contributed by atoms with Crippen LogP contribution in [0, 0.1) is 23.7 Å². The lowest BCUT2D eigenvalue weighted by Crippen LogP contribution is -2.51. The molecule has 3 aliphatic carbocycles. The maximum absolute atomic E-state index is 12.6. The topological polar surface area (TPSA) is 58.4 Å². The molecule has 4 unspecified atom stereocenters. The van der Waals surface area contributed by atoms with Gasteiger partial charge in [-0.25, -0.2) is 0 Å². The third-order valence-electron chi connectivity index (χ3n) is 6.43. The summed E-state index contributed by atoms with van der Waals surface area (Å²) in [6, 6.07) is 0.512. The van der Waals surface area contributed by atoms with E-state index < -0.39 is 0 Å². The molecule has 4 nitrogen and oxygen atoms in total. The monoisotopic (exact) mass is 363 g/mol. The molecule has 4 aliphatic rings. The summed E-state index contributed by atoms with van der Waals surface area (Å²) in [5.74, 6) is 2.53. The second-order valence-corrected chi connectivity index (χ2v) is 7.96. The van der Waals surface area contributed by atoms with Gasteiger partial charge in [0.05, 0.1) is 5.92 Å². The van der Waals surface area contributed by atoms with E-state index in [4.69, 9.17) is 5.73 Å². The molecule has 4 atom stereocenters. The van der Waals surface area contributed by atoms with E-state index in [0.717, 1.165) is 31.8 Å². The van der Waals surface area contributed by atoms with Crippen molar-refractivity contribution >= 4 is 30.7 Å². The second-order valence-electron chi connectivity index (χ2n) is 7.96. The molecule has 1 heterocycles. The predicted molar refractivity (Wildman–Crippen MR) is 97.1 cm³/mol. The summed E-state index contributed by atoms with van der Waals surface area (Å²) in [5, 5.41) is 3.32. The molecule has 1 amide bonds. The first-order valence-corrected chi connectivity index (χ1v) is 8.99. The normalized spacial score (nSPS) is 37.1. The van der Waals surface area contributed by atoms with Gasteiger partial charge in [0.25, 0.3) is 0 Å². The van der Waals surface area contributed by atoms with E-state index in [0.29, 0.717) is 17.9 Å². The standard InChI is InChI=1S/C17H29N3O.2ClH/c18-16-13-4-3-12(9-13)15(16)17(21)19-14-5-7-20(8-6-14)10-11-1-2-11;;/h11-16H,1-10,18H2,(H,19,21);2*1H. The van der Waals surface area contributed by atoms with Crippen molar-refractivity contribution in [2.75, 3.05) is 19.6 Å². The van der Waals surface area contributed by atoms with Gasteiger partial charge in [-0.15, -0.1) is 24.8 Å². The van der Waals surface area contributed by atoms with Crippen LogP contribution in [-0.2, 0) is 4.79 Å². The molecular formula is C17H31Cl2N3O. The van der Waals surface area contributed by atoms with Crippen molar-refractivity contribution in [1.82, 2.24) is 10.2 Å². The van der Waals surface area contributed by atoms with Crippen LogP contribution in [0.5, 0.6) is 0 Å². The van der Waals surface area contributed by atoms with E-state index in [1.165, 1.54) is 38.6 Å². The number of likely N-dealkylation sites (tertiary alicyclic amines) is 1. The number of fused-ring (bicyclic) bond motifs is 2. The molecule has 0 spiro atoms. The molecule has 1 saturated heterocycles. The number of nitrogens with two attached hydrogens (primary N) is 1. The summed E-state index contributed by atoms with van der Waals surface area (Å²) in [6.07, 6.45) is 8.76. The summed E-state index contributed by atoms with van der Waals surface area (Å²) >= 11 is 0. The summed E-state index contributed by atoms with van der Waals surface area (Å²) < 4.78 is 0. The number of halogens is 2. The molecule has 0 aromatic carbocycles. The lowest BCUT2D eigenvalue weighted by Gasteiger charge is -2.34. The number of nitrogens with zero attached hydrogens (tertiary/aromatic N) is 1. The number of hydrogen-bond donors (Lipinski definition) is 2. The third kappa shape index (κ3) is 4.15. The number of carbonyl (C=O) groups excluding carboxylic acids is 1. The van der Waals surface area contributed by atoms with Crippen LogP contribution in [0.2, 0.25) is 0 Å². The Morgan fingerprint density at radius 3 is 2.22 bits per heavy atom. The Bertz CT molecular complexity index is 409. The van der Waals surface area contributed by atoms with Crippen molar-refractivity contribution in [3.05, 3.63) is 0 Å². The molecule has 1 aliphatic heterocycles. The first kappa shape index (κ1) is 19.3. The zero-order chi connectivity index (χ0) is 14.4. The van der Waals surface area contributed by atoms with Crippen LogP contribution < -0.4 is 11.1 Å². The lowest BCUT2D eigenvalue weighted by atomic mass is 9.84. The minimum atomic E-state index is 0. The Balaban J connectivity index is 0.000000960. The highest BCUT2D eigenvalue weighted by Gasteiger charge is 2.49. The van der Waals surface area contributed by atoms with Gasteiger partial charge < -0.3 is 16.0 Å². The number of nitrogens with one attached hydrogen (secondary N) is 1. The fraction of sp³-hybridized carbons (Fsp3) is 0.941. The summed E-state index contributed by atoms with van der Waals surface area (Å²) in [7, 11) is 0. The maximum atomic E-state index is 12.6. The zero-order valence-corrected chi connectivity index (χ0v) is 15.4. The number of piperidine rings is 1. The highest BCUT2D eigenvalue weighted by atomic mass is 35.5. The first-order valence-electron chi connectivity index (χ1n) is 8.99. The van der Waals surface area contributed by atoms with Crippen LogP contribution >= 0.6 is 24.8 Å². The van der Waals surface area contributed by atoms with E-state index >= 15 is 0 Å². The van der Waals surface area contributed by atoms with Gasteiger partial charge in [-0.2, -0.15) is 0 Å². The molecule has 134 valence electrons. The molecule has 2 bridgehead atoms. The van der Waals surface area contributed by atoms with Crippen molar-refractivity contribution < 1.29 is 4.79 Å². The first-order chi connectivity index (χ1) is 10.2. The van der Waals surface area contributed by atoms with Gasteiger partial charge in [0, 0.05) is 31.7 Å². The van der Waals surface area contributed by atoms with E-state index in [9.17, 15) is 4.79 Å². The molecule has 0 aromatic rings. The molecule has 6 heteroatoms. The minimum absolute atomic E-state index is 0. The zero-order valence-electron chi connectivity index (χ0n) is 13.8. The average molecular weight is 364 g/mol. The average Bonchev–Trinajstić information content (AvgIpc) is 3.07. The Kier molecular flexibility index (Phi) is 6.63. The molecule has 0 radical (unpaired) electrons. The molecule has 23 heavy (non-hydrogen) atoms. The van der Waals surface area contributed by atoms with Gasteiger partial charge in [0.1, 0.15) is 0 Å². The SMILES string of the molecule is Cl.Cl.NC1C2CCC(C2)C1C(=O)NC1CCN(CC2CC2)CC1. The lowest BCUT2D eigenvalue weighted by molar-refractivity contribution is -0.128. The van der Waals surface area contributed by atoms with Gasteiger partial charge in [0.15, 0.2) is 0 Å². The van der Waals surface area contributed by atoms with E-state index in [-0.39, 0.29) is 42.7 Å². The van der Waals surface area contributed by atoms with Crippen molar-refractivity contribution in [3.8, 4) is 0 Å². The Morgan fingerprint density at radius 2 is 1.65 bits per heavy atom. The Hall–Kier alpha value is -0.0300. The Labute approximate surface area is 152 Å². The number of rotatable bonds is 4. The molecular weight excluding hydrogens is 333 g/mol. The van der Waals surface area contributed by atoms with Crippen molar-refractivity contribution in [1.29, 1.82) is 0 Å². The van der Waals surface area contributed by atoms with Crippen LogP contribution in [0.25, 0.3) is 0 Å². The maximum Gasteiger partial charge on any atom is 0.225 e. The van der Waals surface area contributed by atoms with Crippen LogP contribution in [0.4, 0.5) is 0 Å². The third-order valence-corrected chi connectivity index (χ3v) is 6.43. The smallest absolute Gasteiger partial charge is 0.225 e. The van der Waals surface area contributed by atoms with Crippen molar-refractivity contribution in [2.45, 2.75) is 57.0 Å². The van der Waals surface area contributed by atoms with Crippen LogP contribution in [-0.4, -0.2) is 42.5 Å². The quantitative estimate of drug-likeness (QED) is 0.804. The highest BCUT2D eigenvalue weighted by molar-refractivity contribution is 5.85. The van der Waals surface area contributed by atoms with E-state index in [2.05, 4.69) is 10.2 Å². The highest BCUT2D eigenvalue weighted by Crippen LogP contribution is 2.47. The number of hydrogen-bond acceptors (Lipinski definition) is 3. The van der Waals surface area contributed by atoms with Crippen LogP contribution in [0.1, 0.15) is 44.9 Å². The van der Waals surface area contributed by atoms with E-state index in [1.807, 2.05) is 0 Å². The van der Waals surface area contributed by atoms with Gasteiger partial charge >= 0.3 is 0 Å². The van der Waals surface area contributed by atoms with Crippen LogP contribution in [0.15, 0.2) is 0 Å². The minimum Gasteiger partial charge on any atom is -0.353 e. The van der Waals surface area contributed by atoms with Crippen molar-refractivity contribution in [2.24, 2.45) is 29.4 Å². The predicted octanol–water partition coefficient (Wildman–Crippen LogP) is 2.19. The Morgan fingerprint density at radius 1 is 1.00 bits per heavy atom. The van der Waals surface area contributed by atoms with Gasteiger partial charge in [-0.1, -0.05) is 0 Å². The fourth-order valence-corrected chi connectivity index (χ4v) is 4.95. The largest absolute Gasteiger partial charge is 0.353 e. The molecule has 3 saturated carbocycles. The van der Waals surface area contributed by atoms with E-state index in [1.54, 1.807) is 0 Å². The second kappa shape index (κ2) is 7.90. The van der Waals surface area contributed by atoms with Gasteiger partial charge in [-0.3, -0.25) is 4.79 Å². The van der Waals surface area contributed by atoms with Crippen LogP contribution in [0.3, 0.4) is 0 Å². The molecule has 4 fully saturated rings. The summed E-state index contributed by atoms with van der Waals surface area (Å²) in [6.45, 7) is 3.60. The summed E-state index contributed by atoms with van der Waals surface area (Å²) in [5.41, 5.74) is 6.28. The van der Waals surface area contributed by atoms with Gasteiger partial charge in [0.2, 0.25) is 5.91 Å². The summed E-state index contributed by atoms with van der Waals surface area (Å²) in [4.78, 5) is 15.2. The van der Waals surface area contributed by atoms with Crippen molar-refractivity contribution in [3.63, 3.8) is 0 Å². The fourth-order valence-electron chi connectivity index (χ4n) is 4.95. The number of amides is 1. The number of carbonyl (C=O) groups is 1. The molecule has 4 rings (SSSR count).